The summed E-state index contributed by atoms with van der Waals surface area (Å²) in [6.07, 6.45) is -0.327. The SMILES string of the molecule is CC(C)(C)OC(=O)N1CC2(C1)OCc1cc(/C(Cl)=N/O)ccc12. The van der Waals surface area contributed by atoms with E-state index in [0.717, 1.165) is 11.1 Å². The van der Waals surface area contributed by atoms with Gasteiger partial charge >= 0.3 is 6.09 Å². The van der Waals surface area contributed by atoms with Crippen molar-refractivity contribution >= 4 is 22.9 Å². The Kier molecular flexibility index (Phi) is 3.77. The first-order chi connectivity index (χ1) is 10.7. The van der Waals surface area contributed by atoms with Gasteiger partial charge in [-0.25, -0.2) is 4.79 Å². The number of amides is 1. The van der Waals surface area contributed by atoms with Crippen LogP contribution in [-0.2, 0) is 21.7 Å². The second-order valence-electron chi connectivity index (χ2n) is 6.88. The number of likely N-dealkylation sites (tertiary alicyclic amines) is 1. The number of benzene rings is 1. The summed E-state index contributed by atoms with van der Waals surface area (Å²) < 4.78 is 11.3. The lowest BCUT2D eigenvalue weighted by Gasteiger charge is -2.47. The van der Waals surface area contributed by atoms with Crippen LogP contribution in [0, 0.1) is 0 Å². The second-order valence-corrected chi connectivity index (χ2v) is 7.24. The van der Waals surface area contributed by atoms with Gasteiger partial charge in [0.2, 0.25) is 0 Å². The number of carbonyl (C=O) groups is 1. The van der Waals surface area contributed by atoms with E-state index in [-0.39, 0.29) is 11.3 Å². The average Bonchev–Trinajstić information content (AvgIpc) is 2.81. The van der Waals surface area contributed by atoms with Gasteiger partial charge in [0.25, 0.3) is 0 Å². The fourth-order valence-electron chi connectivity index (χ4n) is 2.92. The van der Waals surface area contributed by atoms with Crippen LogP contribution < -0.4 is 0 Å². The third-order valence-electron chi connectivity index (χ3n) is 3.97. The minimum absolute atomic E-state index is 0.0396. The number of hydrogen-bond acceptors (Lipinski definition) is 5. The molecule has 0 saturated carbocycles. The molecule has 0 aromatic heterocycles. The van der Waals surface area contributed by atoms with Gasteiger partial charge in [-0.3, -0.25) is 0 Å². The lowest BCUT2D eigenvalue weighted by atomic mass is 9.85. The molecule has 23 heavy (non-hydrogen) atoms. The second kappa shape index (κ2) is 5.39. The van der Waals surface area contributed by atoms with Crippen LogP contribution in [0.5, 0.6) is 0 Å². The van der Waals surface area contributed by atoms with Crippen molar-refractivity contribution in [2.45, 2.75) is 38.6 Å². The van der Waals surface area contributed by atoms with Crippen molar-refractivity contribution in [3.63, 3.8) is 0 Å². The lowest BCUT2D eigenvalue weighted by molar-refractivity contribution is -0.137. The van der Waals surface area contributed by atoms with Crippen molar-refractivity contribution in [3.8, 4) is 0 Å². The van der Waals surface area contributed by atoms with E-state index in [1.165, 1.54) is 0 Å². The van der Waals surface area contributed by atoms with Crippen LogP contribution in [0.2, 0.25) is 0 Å². The zero-order valence-corrected chi connectivity index (χ0v) is 14.1. The first kappa shape index (κ1) is 16.1. The van der Waals surface area contributed by atoms with Crippen LogP contribution in [0.15, 0.2) is 23.4 Å². The molecule has 1 saturated heterocycles. The monoisotopic (exact) mass is 338 g/mol. The molecule has 3 rings (SSSR count). The summed E-state index contributed by atoms with van der Waals surface area (Å²) in [5.74, 6) is 0. The smallest absolute Gasteiger partial charge is 0.410 e. The summed E-state index contributed by atoms with van der Waals surface area (Å²) in [4.78, 5) is 13.7. The number of carbonyl (C=O) groups excluding carboxylic acids is 1. The van der Waals surface area contributed by atoms with Crippen molar-refractivity contribution in [3.05, 3.63) is 34.9 Å². The Balaban J connectivity index is 1.74. The fraction of sp³-hybridized carbons (Fsp3) is 0.500. The van der Waals surface area contributed by atoms with Crippen molar-refractivity contribution in [2.24, 2.45) is 5.16 Å². The molecule has 0 radical (unpaired) electrons. The van der Waals surface area contributed by atoms with E-state index >= 15 is 0 Å². The molecular weight excluding hydrogens is 320 g/mol. The van der Waals surface area contributed by atoms with E-state index in [9.17, 15) is 4.79 Å². The van der Waals surface area contributed by atoms with Gasteiger partial charge in [-0.2, -0.15) is 0 Å². The van der Waals surface area contributed by atoms with Gasteiger partial charge < -0.3 is 19.6 Å². The van der Waals surface area contributed by atoms with Crippen molar-refractivity contribution in [1.82, 2.24) is 4.90 Å². The number of halogens is 1. The van der Waals surface area contributed by atoms with Crippen molar-refractivity contribution in [2.75, 3.05) is 13.1 Å². The molecule has 1 spiro atoms. The van der Waals surface area contributed by atoms with Crippen LogP contribution in [0.1, 0.15) is 37.5 Å². The lowest BCUT2D eigenvalue weighted by Crippen LogP contribution is -2.61. The summed E-state index contributed by atoms with van der Waals surface area (Å²) in [6.45, 7) is 6.91. The topological polar surface area (TPSA) is 71.4 Å². The zero-order chi connectivity index (χ0) is 16.8. The summed E-state index contributed by atoms with van der Waals surface area (Å²) >= 11 is 5.83. The molecule has 1 fully saturated rings. The Hall–Kier alpha value is -1.79. The third kappa shape index (κ3) is 2.88. The first-order valence-corrected chi connectivity index (χ1v) is 7.75. The molecule has 0 unspecified atom stereocenters. The van der Waals surface area contributed by atoms with E-state index in [0.29, 0.717) is 25.3 Å². The summed E-state index contributed by atoms with van der Waals surface area (Å²) in [5.41, 5.74) is 1.70. The zero-order valence-electron chi connectivity index (χ0n) is 13.3. The number of oxime groups is 1. The Morgan fingerprint density at radius 2 is 2.13 bits per heavy atom. The van der Waals surface area contributed by atoms with Gasteiger partial charge in [0.15, 0.2) is 5.17 Å². The van der Waals surface area contributed by atoms with Crippen LogP contribution in [0.4, 0.5) is 4.79 Å². The van der Waals surface area contributed by atoms with E-state index in [2.05, 4.69) is 5.16 Å². The van der Waals surface area contributed by atoms with Crippen molar-refractivity contribution < 1.29 is 19.5 Å². The highest BCUT2D eigenvalue weighted by molar-refractivity contribution is 6.69. The fourth-order valence-corrected chi connectivity index (χ4v) is 3.04. The molecule has 2 aliphatic rings. The largest absolute Gasteiger partial charge is 0.444 e. The van der Waals surface area contributed by atoms with Gasteiger partial charge in [0.1, 0.15) is 11.2 Å². The van der Waals surface area contributed by atoms with E-state index < -0.39 is 11.2 Å². The van der Waals surface area contributed by atoms with Crippen molar-refractivity contribution in [1.29, 1.82) is 0 Å². The summed E-state index contributed by atoms with van der Waals surface area (Å²) in [5, 5.41) is 11.8. The molecule has 124 valence electrons. The third-order valence-corrected chi connectivity index (χ3v) is 4.26. The highest BCUT2D eigenvalue weighted by atomic mass is 35.5. The first-order valence-electron chi connectivity index (χ1n) is 7.37. The molecular formula is C16H19ClN2O4. The Labute approximate surface area is 139 Å². The van der Waals surface area contributed by atoms with E-state index in [1.807, 2.05) is 32.9 Å². The van der Waals surface area contributed by atoms with Gasteiger partial charge in [0, 0.05) is 5.56 Å². The maximum Gasteiger partial charge on any atom is 0.410 e. The molecule has 0 aliphatic carbocycles. The molecule has 2 aliphatic heterocycles. The predicted octanol–water partition coefficient (Wildman–Crippen LogP) is 3.04. The molecule has 2 heterocycles. The Bertz CT molecular complexity index is 675. The predicted molar refractivity (Wildman–Crippen MR) is 84.9 cm³/mol. The molecule has 1 aromatic rings. The summed E-state index contributed by atoms with van der Waals surface area (Å²) in [6, 6.07) is 5.55. The molecule has 1 N–H and O–H groups in total. The minimum Gasteiger partial charge on any atom is -0.444 e. The van der Waals surface area contributed by atoms with Gasteiger partial charge in [-0.05, 0) is 38.0 Å². The molecule has 0 atom stereocenters. The standard InChI is InChI=1S/C16H19ClN2O4/c1-15(2,3)23-14(20)19-8-16(9-19)12-5-4-10(13(17)18-21)6-11(12)7-22-16/h4-6,21H,7-9H2,1-3H3/b18-13-. The average molecular weight is 339 g/mol. The Morgan fingerprint density at radius 3 is 2.74 bits per heavy atom. The Morgan fingerprint density at radius 1 is 1.43 bits per heavy atom. The minimum atomic E-state index is -0.510. The van der Waals surface area contributed by atoms with Crippen LogP contribution >= 0.6 is 11.6 Å². The quantitative estimate of drug-likeness (QED) is 0.485. The number of ether oxygens (including phenoxy) is 2. The number of fused-ring (bicyclic) bond motifs is 2. The van der Waals surface area contributed by atoms with E-state index in [4.69, 9.17) is 26.3 Å². The molecule has 7 heteroatoms. The van der Waals surface area contributed by atoms with Crippen LogP contribution in [0.3, 0.4) is 0 Å². The normalized spacial score (nSPS) is 19.5. The van der Waals surface area contributed by atoms with Crippen LogP contribution in [-0.4, -0.2) is 40.1 Å². The summed E-state index contributed by atoms with van der Waals surface area (Å²) in [7, 11) is 0. The molecule has 0 bridgehead atoms. The molecule has 6 nitrogen and oxygen atoms in total. The van der Waals surface area contributed by atoms with Gasteiger partial charge in [-0.15, -0.1) is 0 Å². The van der Waals surface area contributed by atoms with Gasteiger partial charge in [-0.1, -0.05) is 28.9 Å². The number of hydrogen-bond donors (Lipinski definition) is 1. The molecule has 1 amide bonds. The van der Waals surface area contributed by atoms with Crippen LogP contribution in [0.25, 0.3) is 0 Å². The van der Waals surface area contributed by atoms with Gasteiger partial charge in [0.05, 0.1) is 19.7 Å². The van der Waals surface area contributed by atoms with E-state index in [1.54, 1.807) is 11.0 Å². The molecule has 1 aromatic carbocycles. The maximum atomic E-state index is 12.1. The highest BCUT2D eigenvalue weighted by Crippen LogP contribution is 2.44. The maximum absolute atomic E-state index is 12.1. The number of nitrogens with zero attached hydrogens (tertiary/aromatic N) is 2. The highest BCUT2D eigenvalue weighted by Gasteiger charge is 2.52. The number of rotatable bonds is 1.